The largest absolute Gasteiger partial charge is 0.508 e. The molecule has 0 aliphatic carbocycles. The number of aromatic hydroxyl groups is 1. The molecule has 1 N–H and O–H groups in total. The lowest BCUT2D eigenvalue weighted by Gasteiger charge is -2.36. The molecule has 0 aromatic heterocycles. The number of para-hydroxylation sites is 2. The minimum atomic E-state index is -0.494. The molecule has 0 saturated carbocycles. The van der Waals surface area contributed by atoms with Gasteiger partial charge in [0.05, 0.1) is 11.4 Å². The number of hydrogen-bond acceptors (Lipinski definition) is 4. The van der Waals surface area contributed by atoms with Gasteiger partial charge in [-0.3, -0.25) is 19.4 Å². The predicted molar refractivity (Wildman–Crippen MR) is 117 cm³/mol. The molecule has 1 aliphatic heterocycles. The van der Waals surface area contributed by atoms with Crippen LogP contribution >= 0.6 is 12.2 Å². The minimum absolute atomic E-state index is 0.0167. The number of benzene rings is 3. The number of thiocarbonyl (C=S) groups is 1. The number of carbonyl (C=O) groups excluding carboxylic acids is 2. The summed E-state index contributed by atoms with van der Waals surface area (Å²) < 4.78 is 0. The molecule has 0 unspecified atom stereocenters. The van der Waals surface area contributed by atoms with Crippen LogP contribution in [0.5, 0.6) is 5.75 Å². The van der Waals surface area contributed by atoms with E-state index in [1.165, 1.54) is 28.0 Å². The molecule has 1 heterocycles. The number of anilines is 2. The van der Waals surface area contributed by atoms with Crippen LogP contribution in [0.4, 0.5) is 11.4 Å². The van der Waals surface area contributed by atoms with E-state index in [9.17, 15) is 14.7 Å². The van der Waals surface area contributed by atoms with Crippen LogP contribution in [0, 0.1) is 0 Å². The van der Waals surface area contributed by atoms with Gasteiger partial charge in [0, 0.05) is 0 Å². The molecule has 142 valence electrons. The summed E-state index contributed by atoms with van der Waals surface area (Å²) in [6, 6.07) is 24.2. The van der Waals surface area contributed by atoms with E-state index in [-0.39, 0.29) is 16.4 Å². The van der Waals surface area contributed by atoms with Gasteiger partial charge in [-0.05, 0) is 60.3 Å². The smallest absolute Gasteiger partial charge is 0.270 e. The standard InChI is InChI=1S/C23H16N2O3S/c26-19-13-11-16(12-14-19)15-20-21(27)24(17-7-3-1-4-8-17)23(29)25(22(20)28)18-9-5-2-6-10-18/h1-15,26H. The molecule has 5 nitrogen and oxygen atoms in total. The number of rotatable bonds is 3. The van der Waals surface area contributed by atoms with Gasteiger partial charge in [0.15, 0.2) is 5.11 Å². The second-order valence-electron chi connectivity index (χ2n) is 6.38. The van der Waals surface area contributed by atoms with Crippen molar-refractivity contribution < 1.29 is 14.7 Å². The Bertz CT molecular complexity index is 1050. The van der Waals surface area contributed by atoms with Crippen LogP contribution in [0.3, 0.4) is 0 Å². The molecule has 0 spiro atoms. The van der Waals surface area contributed by atoms with E-state index in [0.717, 1.165) is 0 Å². The molecular formula is C23H16N2O3S. The lowest BCUT2D eigenvalue weighted by Crippen LogP contribution is -2.56. The van der Waals surface area contributed by atoms with Gasteiger partial charge in [-0.2, -0.15) is 0 Å². The van der Waals surface area contributed by atoms with Crippen LogP contribution in [-0.4, -0.2) is 22.0 Å². The van der Waals surface area contributed by atoms with Crippen molar-refractivity contribution in [3.8, 4) is 5.75 Å². The van der Waals surface area contributed by atoms with Crippen molar-refractivity contribution in [1.82, 2.24) is 0 Å². The molecule has 1 aliphatic rings. The zero-order valence-corrected chi connectivity index (χ0v) is 16.0. The lowest BCUT2D eigenvalue weighted by molar-refractivity contribution is -0.120. The number of hydrogen-bond donors (Lipinski definition) is 1. The van der Waals surface area contributed by atoms with Gasteiger partial charge in [0.25, 0.3) is 11.8 Å². The molecule has 1 fully saturated rings. The Morgan fingerprint density at radius 3 is 1.59 bits per heavy atom. The Labute approximate surface area is 173 Å². The van der Waals surface area contributed by atoms with Crippen LogP contribution in [0.15, 0.2) is 90.5 Å². The van der Waals surface area contributed by atoms with Crippen molar-refractivity contribution in [3.63, 3.8) is 0 Å². The zero-order valence-electron chi connectivity index (χ0n) is 15.2. The van der Waals surface area contributed by atoms with Gasteiger partial charge in [0.1, 0.15) is 11.3 Å². The first-order valence-corrected chi connectivity index (χ1v) is 9.31. The highest BCUT2D eigenvalue weighted by molar-refractivity contribution is 7.81. The molecule has 1 saturated heterocycles. The van der Waals surface area contributed by atoms with Crippen molar-refractivity contribution in [2.75, 3.05) is 9.80 Å². The molecule has 3 aromatic rings. The minimum Gasteiger partial charge on any atom is -0.508 e. The van der Waals surface area contributed by atoms with Gasteiger partial charge < -0.3 is 5.11 Å². The quantitative estimate of drug-likeness (QED) is 0.408. The van der Waals surface area contributed by atoms with E-state index < -0.39 is 11.8 Å². The third kappa shape index (κ3) is 3.53. The van der Waals surface area contributed by atoms with E-state index in [1.807, 2.05) is 12.1 Å². The molecule has 3 aromatic carbocycles. The number of nitrogens with zero attached hydrogens (tertiary/aromatic N) is 2. The number of phenols is 1. The highest BCUT2D eigenvalue weighted by atomic mass is 32.1. The zero-order chi connectivity index (χ0) is 20.4. The molecule has 4 rings (SSSR count). The first-order chi connectivity index (χ1) is 14.1. The molecule has 0 bridgehead atoms. The highest BCUT2D eigenvalue weighted by Crippen LogP contribution is 2.29. The molecular weight excluding hydrogens is 384 g/mol. The molecule has 2 amide bonds. The van der Waals surface area contributed by atoms with Gasteiger partial charge in [-0.15, -0.1) is 0 Å². The molecule has 29 heavy (non-hydrogen) atoms. The van der Waals surface area contributed by atoms with Crippen molar-refractivity contribution in [1.29, 1.82) is 0 Å². The SMILES string of the molecule is O=C1C(=Cc2ccc(O)cc2)C(=O)N(c2ccccc2)C(=S)N1c1ccccc1. The molecule has 0 atom stereocenters. The van der Waals surface area contributed by atoms with Crippen LogP contribution in [0.25, 0.3) is 6.08 Å². The summed E-state index contributed by atoms with van der Waals surface area (Å²) in [7, 11) is 0. The van der Waals surface area contributed by atoms with Gasteiger partial charge in [-0.1, -0.05) is 48.5 Å². The van der Waals surface area contributed by atoms with Crippen molar-refractivity contribution in [2.45, 2.75) is 0 Å². The Hall–Kier alpha value is -3.77. The average Bonchev–Trinajstić information content (AvgIpc) is 2.74. The second kappa shape index (κ2) is 7.69. The molecule has 6 heteroatoms. The van der Waals surface area contributed by atoms with Crippen LogP contribution in [0.1, 0.15) is 5.56 Å². The summed E-state index contributed by atoms with van der Waals surface area (Å²) in [4.78, 5) is 29.3. The first kappa shape index (κ1) is 18.6. The summed E-state index contributed by atoms with van der Waals surface area (Å²) in [5.41, 5.74) is 1.76. The fraction of sp³-hybridized carbons (Fsp3) is 0. The Morgan fingerprint density at radius 1 is 0.690 bits per heavy atom. The maximum Gasteiger partial charge on any atom is 0.270 e. The van der Waals surface area contributed by atoms with E-state index in [0.29, 0.717) is 16.9 Å². The summed E-state index contributed by atoms with van der Waals surface area (Å²) in [5.74, 6) is -0.885. The summed E-state index contributed by atoms with van der Waals surface area (Å²) in [6.07, 6.45) is 1.51. The highest BCUT2D eigenvalue weighted by Gasteiger charge is 2.41. The van der Waals surface area contributed by atoms with E-state index in [2.05, 4.69) is 0 Å². The van der Waals surface area contributed by atoms with Gasteiger partial charge in [0.2, 0.25) is 0 Å². The summed E-state index contributed by atoms with van der Waals surface area (Å²) >= 11 is 5.55. The number of phenolic OH excluding ortho intramolecular Hbond substituents is 1. The first-order valence-electron chi connectivity index (χ1n) is 8.90. The van der Waals surface area contributed by atoms with E-state index in [1.54, 1.807) is 60.7 Å². The number of carbonyl (C=O) groups is 2. The lowest BCUT2D eigenvalue weighted by atomic mass is 10.0. The van der Waals surface area contributed by atoms with Gasteiger partial charge >= 0.3 is 0 Å². The maximum absolute atomic E-state index is 13.3. The maximum atomic E-state index is 13.3. The fourth-order valence-electron chi connectivity index (χ4n) is 3.08. The topological polar surface area (TPSA) is 60.9 Å². The van der Waals surface area contributed by atoms with Crippen LogP contribution < -0.4 is 9.80 Å². The average molecular weight is 400 g/mol. The predicted octanol–water partition coefficient (Wildman–Crippen LogP) is 4.14. The normalized spacial score (nSPS) is 14.3. The second-order valence-corrected chi connectivity index (χ2v) is 6.75. The summed E-state index contributed by atoms with van der Waals surface area (Å²) in [5, 5.41) is 9.59. The van der Waals surface area contributed by atoms with Crippen LogP contribution in [-0.2, 0) is 9.59 Å². The van der Waals surface area contributed by atoms with Crippen molar-refractivity contribution >= 4 is 46.6 Å². The Kier molecular flexibility index (Phi) is 4.93. The van der Waals surface area contributed by atoms with E-state index in [4.69, 9.17) is 12.2 Å². The van der Waals surface area contributed by atoms with Crippen molar-refractivity contribution in [2.24, 2.45) is 0 Å². The van der Waals surface area contributed by atoms with E-state index >= 15 is 0 Å². The van der Waals surface area contributed by atoms with Crippen LogP contribution in [0.2, 0.25) is 0 Å². The molecule has 0 radical (unpaired) electrons. The fourth-order valence-corrected chi connectivity index (χ4v) is 3.45. The Morgan fingerprint density at radius 2 is 1.14 bits per heavy atom. The van der Waals surface area contributed by atoms with Crippen molar-refractivity contribution in [3.05, 3.63) is 96.1 Å². The monoisotopic (exact) mass is 400 g/mol. The van der Waals surface area contributed by atoms with Gasteiger partial charge in [-0.25, -0.2) is 0 Å². The third-order valence-corrected chi connectivity index (χ3v) is 4.85. The Balaban J connectivity index is 1.86. The third-order valence-electron chi connectivity index (χ3n) is 4.48. The number of amides is 2. The summed E-state index contributed by atoms with van der Waals surface area (Å²) in [6.45, 7) is 0.